The average molecular weight is 333 g/mol. The summed E-state index contributed by atoms with van der Waals surface area (Å²) in [5, 5.41) is 0.727. The molecule has 0 aliphatic heterocycles. The van der Waals surface area contributed by atoms with Crippen molar-refractivity contribution in [3.05, 3.63) is 69.5 Å². The van der Waals surface area contributed by atoms with Crippen molar-refractivity contribution in [2.45, 2.75) is 17.8 Å². The summed E-state index contributed by atoms with van der Waals surface area (Å²) < 4.78 is 27.4. The molecule has 0 saturated heterocycles. The lowest BCUT2D eigenvalue weighted by Gasteiger charge is -2.09. The Hall–Kier alpha value is -2.41. The van der Waals surface area contributed by atoms with E-state index in [1.54, 1.807) is 12.1 Å². The molecule has 7 heteroatoms. The number of benzene rings is 2. The number of hydrogen-bond donors (Lipinski definition) is 1. The first kappa shape index (κ1) is 15.5. The van der Waals surface area contributed by atoms with Gasteiger partial charge in [-0.05, 0) is 36.8 Å². The average Bonchev–Trinajstić information content (AvgIpc) is 2.49. The van der Waals surface area contributed by atoms with Gasteiger partial charge in [-0.1, -0.05) is 23.4 Å². The Labute approximate surface area is 134 Å². The molecule has 3 rings (SSSR count). The number of nitrogens with zero attached hydrogens (tertiary/aromatic N) is 2. The van der Waals surface area contributed by atoms with Crippen LogP contribution in [-0.4, -0.2) is 9.66 Å². The summed E-state index contributed by atoms with van der Waals surface area (Å²) in [6.07, 6.45) is 0. The normalized spacial score (nSPS) is 11.1. The fraction of sp³-hybridized carbons (Fsp3) is 0.125. The van der Waals surface area contributed by atoms with Crippen molar-refractivity contribution >= 4 is 22.7 Å². The molecule has 0 amide bonds. The van der Waals surface area contributed by atoms with Crippen LogP contribution in [0.15, 0.2) is 46.3 Å². The van der Waals surface area contributed by atoms with E-state index in [1.807, 2.05) is 13.0 Å². The lowest BCUT2D eigenvalue weighted by atomic mass is 10.2. The SMILES string of the molecule is Cc1ccc2nc(SCc3cc(F)cc(F)c3)n(N)c(=O)c2c1. The maximum Gasteiger partial charge on any atom is 0.280 e. The quantitative estimate of drug-likeness (QED) is 0.455. The fourth-order valence-electron chi connectivity index (χ4n) is 2.24. The van der Waals surface area contributed by atoms with Crippen molar-refractivity contribution in [2.75, 3.05) is 5.84 Å². The topological polar surface area (TPSA) is 60.9 Å². The van der Waals surface area contributed by atoms with E-state index in [9.17, 15) is 13.6 Å². The number of nitrogens with two attached hydrogens (primary N) is 1. The molecule has 1 heterocycles. The lowest BCUT2D eigenvalue weighted by molar-refractivity contribution is 0.581. The number of rotatable bonds is 3. The standard InChI is InChI=1S/C16H13F2N3OS/c1-9-2-3-14-13(4-9)15(22)21(19)16(20-14)23-8-10-5-11(17)7-12(18)6-10/h2-7H,8,19H2,1H3. The summed E-state index contributed by atoms with van der Waals surface area (Å²) in [5.41, 5.74) is 1.57. The van der Waals surface area contributed by atoms with E-state index in [0.717, 1.165) is 28.1 Å². The first-order valence-corrected chi connectivity index (χ1v) is 7.79. The second-order valence-electron chi connectivity index (χ2n) is 5.16. The van der Waals surface area contributed by atoms with E-state index >= 15 is 0 Å². The van der Waals surface area contributed by atoms with Crippen molar-refractivity contribution in [3.8, 4) is 0 Å². The van der Waals surface area contributed by atoms with Crippen LogP contribution in [0.4, 0.5) is 8.78 Å². The Balaban J connectivity index is 1.95. The van der Waals surface area contributed by atoms with Crippen molar-refractivity contribution in [2.24, 2.45) is 0 Å². The number of aryl methyl sites for hydroxylation is 1. The van der Waals surface area contributed by atoms with E-state index in [2.05, 4.69) is 4.98 Å². The highest BCUT2D eigenvalue weighted by Crippen LogP contribution is 2.22. The van der Waals surface area contributed by atoms with Crippen LogP contribution < -0.4 is 11.4 Å². The van der Waals surface area contributed by atoms with Gasteiger partial charge in [-0.2, -0.15) is 0 Å². The minimum Gasteiger partial charge on any atom is -0.334 e. The van der Waals surface area contributed by atoms with Gasteiger partial charge in [0.1, 0.15) is 11.6 Å². The number of hydrogen-bond acceptors (Lipinski definition) is 4. The summed E-state index contributed by atoms with van der Waals surface area (Å²) in [6.45, 7) is 1.88. The molecule has 1 aromatic heterocycles. The van der Waals surface area contributed by atoms with Gasteiger partial charge >= 0.3 is 0 Å². The van der Waals surface area contributed by atoms with Gasteiger partial charge in [-0.25, -0.2) is 18.4 Å². The second-order valence-corrected chi connectivity index (χ2v) is 6.10. The first-order chi connectivity index (χ1) is 10.9. The third-order valence-electron chi connectivity index (χ3n) is 3.31. The summed E-state index contributed by atoms with van der Waals surface area (Å²) in [4.78, 5) is 16.6. The molecule has 2 aromatic carbocycles. The predicted octanol–water partition coefficient (Wildman–Crippen LogP) is 2.99. The molecule has 2 N–H and O–H groups in total. The summed E-state index contributed by atoms with van der Waals surface area (Å²) in [5.74, 6) is 4.75. The molecule has 23 heavy (non-hydrogen) atoms. The highest BCUT2D eigenvalue weighted by molar-refractivity contribution is 7.98. The largest absolute Gasteiger partial charge is 0.334 e. The highest BCUT2D eigenvalue weighted by atomic mass is 32.2. The number of fused-ring (bicyclic) bond motifs is 1. The van der Waals surface area contributed by atoms with Crippen LogP contribution in [0.1, 0.15) is 11.1 Å². The molecule has 118 valence electrons. The van der Waals surface area contributed by atoms with Gasteiger partial charge < -0.3 is 5.84 Å². The third kappa shape index (κ3) is 3.19. The Morgan fingerprint density at radius 1 is 1.17 bits per heavy atom. The summed E-state index contributed by atoms with van der Waals surface area (Å²) in [7, 11) is 0. The minimum absolute atomic E-state index is 0.246. The summed E-state index contributed by atoms with van der Waals surface area (Å²) >= 11 is 1.14. The highest BCUT2D eigenvalue weighted by Gasteiger charge is 2.10. The molecule has 0 saturated carbocycles. The zero-order valence-corrected chi connectivity index (χ0v) is 13.0. The maximum atomic E-state index is 13.2. The van der Waals surface area contributed by atoms with E-state index in [-0.39, 0.29) is 16.5 Å². The van der Waals surface area contributed by atoms with E-state index in [1.165, 1.54) is 12.1 Å². The molecular formula is C16H13F2N3OS. The number of aromatic nitrogens is 2. The van der Waals surface area contributed by atoms with Crippen molar-refractivity contribution in [3.63, 3.8) is 0 Å². The van der Waals surface area contributed by atoms with Crippen LogP contribution in [0.5, 0.6) is 0 Å². The Morgan fingerprint density at radius 3 is 2.57 bits per heavy atom. The molecular weight excluding hydrogens is 320 g/mol. The third-order valence-corrected chi connectivity index (χ3v) is 4.34. The van der Waals surface area contributed by atoms with Crippen molar-refractivity contribution < 1.29 is 8.78 Å². The van der Waals surface area contributed by atoms with E-state index < -0.39 is 11.6 Å². The van der Waals surface area contributed by atoms with Crippen LogP contribution in [0.2, 0.25) is 0 Å². The van der Waals surface area contributed by atoms with Crippen LogP contribution in [0.25, 0.3) is 10.9 Å². The van der Waals surface area contributed by atoms with E-state index in [4.69, 9.17) is 5.84 Å². The van der Waals surface area contributed by atoms with Gasteiger partial charge in [-0.15, -0.1) is 0 Å². The van der Waals surface area contributed by atoms with Gasteiger partial charge in [0.15, 0.2) is 5.16 Å². The molecule has 0 fully saturated rings. The van der Waals surface area contributed by atoms with Gasteiger partial charge in [0.25, 0.3) is 5.56 Å². The predicted molar refractivity (Wildman–Crippen MR) is 86.8 cm³/mol. The Bertz CT molecular complexity index is 936. The fourth-order valence-corrected chi connectivity index (χ4v) is 3.08. The summed E-state index contributed by atoms with van der Waals surface area (Å²) in [6, 6.07) is 8.61. The van der Waals surface area contributed by atoms with Crippen molar-refractivity contribution in [1.82, 2.24) is 9.66 Å². The smallest absolute Gasteiger partial charge is 0.280 e. The first-order valence-electron chi connectivity index (χ1n) is 6.80. The van der Waals surface area contributed by atoms with Crippen LogP contribution >= 0.6 is 11.8 Å². The molecule has 0 aliphatic carbocycles. The monoisotopic (exact) mass is 333 g/mol. The molecule has 0 bridgehead atoms. The molecule has 0 aliphatic rings. The van der Waals surface area contributed by atoms with Crippen molar-refractivity contribution in [1.29, 1.82) is 0 Å². The Kier molecular flexibility index (Phi) is 4.04. The zero-order valence-electron chi connectivity index (χ0n) is 12.2. The number of thioether (sulfide) groups is 1. The molecule has 0 atom stereocenters. The number of halogens is 2. The van der Waals surface area contributed by atoms with Gasteiger partial charge in [-0.3, -0.25) is 4.79 Å². The van der Waals surface area contributed by atoms with E-state index in [0.29, 0.717) is 16.5 Å². The molecule has 3 aromatic rings. The van der Waals surface area contributed by atoms with Gasteiger partial charge in [0.05, 0.1) is 10.9 Å². The van der Waals surface area contributed by atoms with Crippen LogP contribution in [-0.2, 0) is 5.75 Å². The Morgan fingerprint density at radius 2 is 1.87 bits per heavy atom. The molecule has 0 radical (unpaired) electrons. The second kappa shape index (κ2) is 6.00. The molecule has 0 spiro atoms. The van der Waals surface area contributed by atoms with Crippen LogP contribution in [0.3, 0.4) is 0 Å². The lowest BCUT2D eigenvalue weighted by Crippen LogP contribution is -2.29. The zero-order chi connectivity index (χ0) is 16.6. The maximum absolute atomic E-state index is 13.2. The molecule has 4 nitrogen and oxygen atoms in total. The van der Waals surface area contributed by atoms with Crippen LogP contribution in [0, 0.1) is 18.6 Å². The van der Waals surface area contributed by atoms with Gasteiger partial charge in [0, 0.05) is 11.8 Å². The number of nitrogen functional groups attached to an aromatic ring is 1. The molecule has 0 unspecified atom stereocenters. The minimum atomic E-state index is -0.646. The van der Waals surface area contributed by atoms with Gasteiger partial charge in [0.2, 0.25) is 0 Å².